The lowest BCUT2D eigenvalue weighted by Gasteiger charge is -2.04. The van der Waals surface area contributed by atoms with E-state index in [4.69, 9.17) is 24.8 Å². The number of aryl methyl sites for hydroxylation is 1. The zero-order chi connectivity index (χ0) is 16.9. The number of aromatic nitrogens is 2. The highest BCUT2D eigenvalue weighted by Crippen LogP contribution is 2.16. The Labute approximate surface area is 153 Å². The van der Waals surface area contributed by atoms with Crippen LogP contribution in [0.25, 0.3) is 11.0 Å². The summed E-state index contributed by atoms with van der Waals surface area (Å²) in [4.78, 5) is 0. The van der Waals surface area contributed by atoms with Gasteiger partial charge in [-0.25, -0.2) is 4.57 Å². The van der Waals surface area contributed by atoms with Gasteiger partial charge in [-0.15, -0.1) is 0 Å². The van der Waals surface area contributed by atoms with Crippen LogP contribution in [0.2, 0.25) is 0 Å². The number of hydrogen-bond acceptors (Lipinski definition) is 3. The molecule has 0 unspecified atom stereocenters. The number of benzene rings is 2. The van der Waals surface area contributed by atoms with E-state index < -0.39 is 0 Å². The zero-order valence-corrected chi connectivity index (χ0v) is 15.2. The van der Waals surface area contributed by atoms with Gasteiger partial charge in [0.1, 0.15) is 0 Å². The summed E-state index contributed by atoms with van der Waals surface area (Å²) >= 11 is 10.7. The van der Waals surface area contributed by atoms with Crippen LogP contribution in [0.5, 0.6) is 0 Å². The molecule has 0 radical (unpaired) electrons. The van der Waals surface area contributed by atoms with Crippen LogP contribution < -0.4 is 4.57 Å². The predicted molar refractivity (Wildman–Crippen MR) is 106 cm³/mol. The Balaban J connectivity index is 2.16. The maximum atomic E-state index is 5.36. The van der Waals surface area contributed by atoms with Gasteiger partial charge in [-0.2, -0.15) is 0 Å². The molecule has 1 heterocycles. The topological polar surface area (TPSA) is 21.2 Å². The maximum Gasteiger partial charge on any atom is 0.295 e. The minimum Gasteiger partial charge on any atom is -0.421 e. The third-order valence-corrected chi connectivity index (χ3v) is 4.26. The number of rotatable bonds is 6. The maximum absolute atomic E-state index is 5.36. The van der Waals surface area contributed by atoms with E-state index in [-0.39, 0.29) is 0 Å². The molecule has 3 aromatic rings. The largest absolute Gasteiger partial charge is 0.421 e. The van der Waals surface area contributed by atoms with E-state index in [1.54, 1.807) is 0 Å². The molecule has 0 aliphatic heterocycles. The SMILES string of the molecule is CCCC[n+]1c(C(=S)[S-])n(/N=C/c2ccccc2)c2ccccc21. The number of nitrogens with zero attached hydrogens (tertiary/aromatic N) is 3. The van der Waals surface area contributed by atoms with Crippen molar-refractivity contribution < 1.29 is 4.57 Å². The van der Waals surface area contributed by atoms with Crippen LogP contribution >= 0.6 is 12.2 Å². The van der Waals surface area contributed by atoms with Crippen molar-refractivity contribution in [1.82, 2.24) is 4.68 Å². The van der Waals surface area contributed by atoms with E-state index in [0.29, 0.717) is 4.20 Å². The van der Waals surface area contributed by atoms with Crippen LogP contribution in [0, 0.1) is 0 Å². The summed E-state index contributed by atoms with van der Waals surface area (Å²) in [6, 6.07) is 18.2. The summed E-state index contributed by atoms with van der Waals surface area (Å²) in [5, 5.41) is 4.67. The van der Waals surface area contributed by atoms with Crippen molar-refractivity contribution in [3.63, 3.8) is 0 Å². The molecule has 5 heteroatoms. The molecular weight excluding hydrogens is 334 g/mol. The standard InChI is InChI=1S/C19H19N3S2/c1-2-3-13-21-16-11-7-8-12-17(16)22(18(21)19(23)24)20-14-15-9-5-4-6-10-15/h4-12,14H,2-3,13H2,1H3/b20-14+. The summed E-state index contributed by atoms with van der Waals surface area (Å²) in [7, 11) is 0. The van der Waals surface area contributed by atoms with Crippen LogP contribution in [-0.4, -0.2) is 15.1 Å². The number of para-hydroxylation sites is 2. The molecule has 0 N–H and O–H groups in total. The number of imidazole rings is 1. The predicted octanol–water partition coefficient (Wildman–Crippen LogP) is 3.83. The molecule has 0 saturated carbocycles. The third-order valence-electron chi connectivity index (χ3n) is 3.90. The normalized spacial score (nSPS) is 11.4. The first-order valence-corrected chi connectivity index (χ1v) is 8.88. The molecule has 3 rings (SSSR count). The van der Waals surface area contributed by atoms with Crippen molar-refractivity contribution in [3.05, 3.63) is 66.0 Å². The summed E-state index contributed by atoms with van der Waals surface area (Å²) in [5.74, 6) is 0.807. The van der Waals surface area contributed by atoms with Crippen molar-refractivity contribution in [3.8, 4) is 0 Å². The molecule has 0 atom stereocenters. The van der Waals surface area contributed by atoms with Gasteiger partial charge in [0.25, 0.3) is 5.82 Å². The molecule has 0 saturated heterocycles. The van der Waals surface area contributed by atoms with Gasteiger partial charge in [0.15, 0.2) is 5.52 Å². The summed E-state index contributed by atoms with van der Waals surface area (Å²) in [6.07, 6.45) is 4.03. The second kappa shape index (κ2) is 7.64. The monoisotopic (exact) mass is 353 g/mol. The summed E-state index contributed by atoms with van der Waals surface area (Å²) in [5.41, 5.74) is 3.16. The number of unbranched alkanes of at least 4 members (excludes halogenated alkanes) is 1. The second-order valence-corrected chi connectivity index (χ2v) is 6.65. The molecule has 122 valence electrons. The van der Waals surface area contributed by atoms with Crippen molar-refractivity contribution in [1.29, 1.82) is 0 Å². The first-order chi connectivity index (χ1) is 11.7. The van der Waals surface area contributed by atoms with Crippen molar-refractivity contribution >= 4 is 46.3 Å². The van der Waals surface area contributed by atoms with Gasteiger partial charge in [-0.05, 0) is 28.3 Å². The molecule has 0 amide bonds. The highest BCUT2D eigenvalue weighted by molar-refractivity contribution is 8.01. The van der Waals surface area contributed by atoms with Gasteiger partial charge in [-0.1, -0.05) is 65.6 Å². The van der Waals surface area contributed by atoms with Crippen LogP contribution in [0.3, 0.4) is 0 Å². The quantitative estimate of drug-likeness (QED) is 0.291. The number of hydrogen-bond donors (Lipinski definition) is 0. The Hall–Kier alpha value is -2.11. The van der Waals surface area contributed by atoms with Gasteiger partial charge >= 0.3 is 0 Å². The van der Waals surface area contributed by atoms with E-state index in [1.807, 2.05) is 53.4 Å². The lowest BCUT2D eigenvalue weighted by Crippen LogP contribution is -2.39. The fourth-order valence-electron chi connectivity index (χ4n) is 2.73. The summed E-state index contributed by atoms with van der Waals surface area (Å²) in [6.45, 7) is 3.07. The van der Waals surface area contributed by atoms with Crippen LogP contribution in [0.4, 0.5) is 0 Å². The Morgan fingerprint density at radius 1 is 1.17 bits per heavy atom. The van der Waals surface area contributed by atoms with Gasteiger partial charge in [-0.3, -0.25) is 0 Å². The second-order valence-electron chi connectivity index (χ2n) is 5.57. The molecule has 0 spiro atoms. The molecule has 1 aromatic heterocycles. The van der Waals surface area contributed by atoms with Crippen molar-refractivity contribution in [2.45, 2.75) is 26.3 Å². The van der Waals surface area contributed by atoms with E-state index in [2.05, 4.69) is 28.7 Å². The highest BCUT2D eigenvalue weighted by atomic mass is 32.1. The van der Waals surface area contributed by atoms with Crippen molar-refractivity contribution in [2.24, 2.45) is 5.10 Å². The van der Waals surface area contributed by atoms with Crippen LogP contribution in [-0.2, 0) is 19.2 Å². The first kappa shape index (κ1) is 16.7. The third kappa shape index (κ3) is 3.37. The van der Waals surface area contributed by atoms with Crippen LogP contribution in [0.1, 0.15) is 31.2 Å². The molecule has 2 aromatic carbocycles. The molecule has 0 aliphatic carbocycles. The Morgan fingerprint density at radius 3 is 2.58 bits per heavy atom. The van der Waals surface area contributed by atoms with Crippen LogP contribution in [0.15, 0.2) is 59.7 Å². The Bertz CT molecular complexity index is 882. The van der Waals surface area contributed by atoms with Gasteiger partial charge in [0, 0.05) is 0 Å². The van der Waals surface area contributed by atoms with E-state index in [1.165, 1.54) is 0 Å². The lowest BCUT2D eigenvalue weighted by molar-refractivity contribution is -0.673. The Kier molecular flexibility index (Phi) is 5.33. The highest BCUT2D eigenvalue weighted by Gasteiger charge is 2.23. The minimum atomic E-state index is 0.438. The minimum absolute atomic E-state index is 0.438. The fraction of sp³-hybridized carbons (Fsp3) is 0.211. The van der Waals surface area contributed by atoms with E-state index >= 15 is 0 Å². The number of thiocarbonyl (C=S) groups is 1. The van der Waals surface area contributed by atoms with Gasteiger partial charge in [0.05, 0.1) is 12.8 Å². The smallest absolute Gasteiger partial charge is 0.295 e. The fourth-order valence-corrected chi connectivity index (χ4v) is 3.13. The molecule has 0 fully saturated rings. The van der Waals surface area contributed by atoms with E-state index in [9.17, 15) is 0 Å². The summed E-state index contributed by atoms with van der Waals surface area (Å²) < 4.78 is 4.50. The molecule has 3 nitrogen and oxygen atoms in total. The average Bonchev–Trinajstić information content (AvgIpc) is 2.93. The molecule has 0 aliphatic rings. The average molecular weight is 354 g/mol. The van der Waals surface area contributed by atoms with Crippen molar-refractivity contribution in [2.75, 3.05) is 0 Å². The molecule has 0 bridgehead atoms. The van der Waals surface area contributed by atoms with Gasteiger partial charge < -0.3 is 24.8 Å². The lowest BCUT2D eigenvalue weighted by atomic mass is 10.2. The van der Waals surface area contributed by atoms with Gasteiger partial charge in [0.2, 0.25) is 5.52 Å². The van der Waals surface area contributed by atoms with E-state index in [0.717, 1.165) is 41.8 Å². The first-order valence-electron chi connectivity index (χ1n) is 8.06. The zero-order valence-electron chi connectivity index (χ0n) is 13.6. The Morgan fingerprint density at radius 2 is 1.88 bits per heavy atom. The molecular formula is C19H19N3S2. The molecule has 24 heavy (non-hydrogen) atoms. The number of fused-ring (bicyclic) bond motifs is 1.